The molecule has 0 atom stereocenters. The molecule has 12 heteroatoms. The van der Waals surface area contributed by atoms with Crippen molar-refractivity contribution >= 4 is 39.1 Å². The summed E-state index contributed by atoms with van der Waals surface area (Å²) in [7, 11) is -3.10. The van der Waals surface area contributed by atoms with Gasteiger partial charge in [0.15, 0.2) is 0 Å². The van der Waals surface area contributed by atoms with Gasteiger partial charge in [0.1, 0.15) is 17.3 Å². The number of benzene rings is 2. The van der Waals surface area contributed by atoms with Gasteiger partial charge < -0.3 is 10.1 Å². The first-order valence-electron chi connectivity index (χ1n) is 8.19. The van der Waals surface area contributed by atoms with Crippen LogP contribution in [0.1, 0.15) is 5.56 Å². The van der Waals surface area contributed by atoms with Crippen molar-refractivity contribution in [3.63, 3.8) is 0 Å². The third kappa shape index (κ3) is 4.74. The Hall–Kier alpha value is -3.05. The number of hydrogen-bond acceptors (Lipinski definition) is 4. The van der Waals surface area contributed by atoms with Gasteiger partial charge in [-0.3, -0.25) is 4.79 Å². The maximum absolute atomic E-state index is 13.3. The Morgan fingerprint density at radius 2 is 1.87 bits per heavy atom. The largest absolute Gasteiger partial charge is 0.435 e. The number of alkyl halides is 2. The van der Waals surface area contributed by atoms with Gasteiger partial charge in [-0.05, 0) is 48.5 Å². The van der Waals surface area contributed by atoms with Gasteiger partial charge in [-0.15, -0.1) is 4.40 Å². The lowest BCUT2D eigenvalue weighted by Gasteiger charge is -2.23. The molecule has 0 bridgehead atoms. The lowest BCUT2D eigenvalue weighted by molar-refractivity contribution is -0.113. The van der Waals surface area contributed by atoms with Crippen molar-refractivity contribution in [1.29, 1.82) is 0 Å². The lowest BCUT2D eigenvalue weighted by Crippen LogP contribution is -2.35. The summed E-state index contributed by atoms with van der Waals surface area (Å²) in [6.45, 7) is -3.01. The second-order valence-corrected chi connectivity index (χ2v) is 7.97. The Kier molecular flexibility index (Phi) is 6.04. The quantitative estimate of drug-likeness (QED) is 0.740. The second-order valence-electron chi connectivity index (χ2n) is 5.94. The van der Waals surface area contributed by atoms with Gasteiger partial charge in [0.25, 0.3) is 5.91 Å². The summed E-state index contributed by atoms with van der Waals surface area (Å²) in [6, 6.07) is 8.54. The van der Waals surface area contributed by atoms with Gasteiger partial charge in [-0.1, -0.05) is 11.6 Å². The van der Waals surface area contributed by atoms with Crippen molar-refractivity contribution in [1.82, 2.24) is 4.31 Å². The zero-order valence-corrected chi connectivity index (χ0v) is 16.7. The van der Waals surface area contributed by atoms with Crippen molar-refractivity contribution in [3.8, 4) is 5.75 Å². The molecule has 2 aromatic carbocycles. The molecule has 7 nitrogen and oxygen atoms in total. The smallest absolute Gasteiger partial charge is 0.387 e. The molecule has 1 heterocycles. The second kappa shape index (κ2) is 8.36. The van der Waals surface area contributed by atoms with Crippen LogP contribution in [0.15, 0.2) is 58.6 Å². The van der Waals surface area contributed by atoms with Gasteiger partial charge >= 0.3 is 16.8 Å². The molecule has 3 rings (SSSR count). The fourth-order valence-corrected chi connectivity index (χ4v) is 3.57. The monoisotopic (exact) mass is 459 g/mol. The molecule has 0 aliphatic carbocycles. The fraction of sp³-hybridized carbons (Fsp3) is 0.111. The lowest BCUT2D eigenvalue weighted by atomic mass is 10.1. The number of anilines is 1. The number of hydrogen-bond donors (Lipinski definition) is 1. The minimum absolute atomic E-state index is 0.0843. The average Bonchev–Trinajstić information content (AvgIpc) is 2.67. The molecule has 1 N–H and O–H groups in total. The minimum Gasteiger partial charge on any atom is -0.435 e. The predicted octanol–water partition coefficient (Wildman–Crippen LogP) is 3.58. The standard InChI is InChI=1S/C18H13ClF3N3O4S/c1-25-16(17(26)23-11-4-7-14(20)13(19)8-11)9-15(24-30(25,27)28)10-2-5-12(6-3-10)29-18(21)22/h2-9,18H,1H3,(H,23,26). The third-order valence-corrected chi connectivity index (χ3v) is 5.56. The Balaban J connectivity index is 1.91. The van der Waals surface area contributed by atoms with E-state index in [9.17, 15) is 26.4 Å². The summed E-state index contributed by atoms with van der Waals surface area (Å²) in [5.41, 5.74) is 0.0476. The average molecular weight is 460 g/mol. The number of amides is 1. The maximum Gasteiger partial charge on any atom is 0.387 e. The SMILES string of the molecule is CN1C(C(=O)Nc2ccc(F)c(Cl)c2)=CC(c2ccc(OC(F)F)cc2)=NS1(=O)=O. The zero-order valence-electron chi connectivity index (χ0n) is 15.1. The van der Waals surface area contributed by atoms with E-state index < -0.39 is 28.5 Å². The first-order valence-corrected chi connectivity index (χ1v) is 9.96. The highest BCUT2D eigenvalue weighted by Crippen LogP contribution is 2.24. The molecule has 1 aliphatic heterocycles. The van der Waals surface area contributed by atoms with Crippen molar-refractivity contribution in [2.24, 2.45) is 4.40 Å². The number of carbonyl (C=O) groups is 1. The Bertz CT molecular complexity index is 1150. The number of nitrogens with zero attached hydrogens (tertiary/aromatic N) is 2. The van der Waals surface area contributed by atoms with E-state index in [2.05, 4.69) is 14.5 Å². The number of nitrogens with one attached hydrogen (secondary N) is 1. The molecule has 30 heavy (non-hydrogen) atoms. The van der Waals surface area contributed by atoms with E-state index in [0.29, 0.717) is 4.31 Å². The normalized spacial score (nSPS) is 15.5. The molecule has 0 spiro atoms. The number of likely N-dealkylation sites (N-methyl/N-ethyl adjacent to an activating group) is 1. The van der Waals surface area contributed by atoms with Crippen molar-refractivity contribution in [3.05, 3.63) is 70.6 Å². The topological polar surface area (TPSA) is 88.1 Å². The first kappa shape index (κ1) is 21.7. The molecule has 0 saturated carbocycles. The van der Waals surface area contributed by atoms with E-state index in [1.807, 2.05) is 0 Å². The van der Waals surface area contributed by atoms with Crippen LogP contribution in [0.2, 0.25) is 5.02 Å². The summed E-state index contributed by atoms with van der Waals surface area (Å²) in [4.78, 5) is 12.6. The highest BCUT2D eigenvalue weighted by molar-refractivity contribution is 7.88. The van der Waals surface area contributed by atoms with Gasteiger partial charge in [-0.25, -0.2) is 8.70 Å². The van der Waals surface area contributed by atoms with E-state index >= 15 is 0 Å². The highest BCUT2D eigenvalue weighted by atomic mass is 35.5. The van der Waals surface area contributed by atoms with Crippen LogP contribution in [0.4, 0.5) is 18.9 Å². The van der Waals surface area contributed by atoms with Crippen molar-refractivity contribution in [2.75, 3.05) is 12.4 Å². The molecule has 0 radical (unpaired) electrons. The molecule has 1 amide bonds. The van der Waals surface area contributed by atoms with E-state index in [-0.39, 0.29) is 33.4 Å². The Labute approximate surface area is 174 Å². The molecule has 0 unspecified atom stereocenters. The molecular weight excluding hydrogens is 447 g/mol. The Morgan fingerprint density at radius 3 is 2.47 bits per heavy atom. The van der Waals surface area contributed by atoms with Gasteiger partial charge in [0.2, 0.25) is 0 Å². The van der Waals surface area contributed by atoms with E-state index in [4.69, 9.17) is 11.6 Å². The molecule has 2 aromatic rings. The van der Waals surface area contributed by atoms with E-state index in [1.54, 1.807) is 0 Å². The summed E-state index contributed by atoms with van der Waals surface area (Å²) < 4.78 is 71.1. The van der Waals surface area contributed by atoms with E-state index in [1.165, 1.54) is 42.5 Å². The van der Waals surface area contributed by atoms with Crippen LogP contribution < -0.4 is 10.1 Å². The summed E-state index contributed by atoms with van der Waals surface area (Å²) in [5, 5.41) is 2.21. The zero-order chi connectivity index (χ0) is 22.1. The fourth-order valence-electron chi connectivity index (χ4n) is 2.48. The number of allylic oxidation sites excluding steroid dienone is 1. The molecule has 0 saturated heterocycles. The number of ether oxygens (including phenoxy) is 1. The van der Waals surface area contributed by atoms with Crippen molar-refractivity contribution in [2.45, 2.75) is 6.61 Å². The van der Waals surface area contributed by atoms with Gasteiger partial charge in [-0.2, -0.15) is 17.2 Å². The summed E-state index contributed by atoms with van der Waals surface area (Å²) in [6.07, 6.45) is 1.21. The number of halogens is 4. The Morgan fingerprint density at radius 1 is 1.20 bits per heavy atom. The van der Waals surface area contributed by atoms with Gasteiger partial charge in [0, 0.05) is 18.3 Å². The van der Waals surface area contributed by atoms with Crippen LogP contribution in [0.3, 0.4) is 0 Å². The first-order chi connectivity index (χ1) is 14.1. The minimum atomic E-state index is -4.23. The summed E-state index contributed by atoms with van der Waals surface area (Å²) >= 11 is 5.68. The maximum atomic E-state index is 13.3. The van der Waals surface area contributed by atoms with Crippen LogP contribution in [-0.4, -0.2) is 38.0 Å². The van der Waals surface area contributed by atoms with Crippen LogP contribution in [0.25, 0.3) is 0 Å². The van der Waals surface area contributed by atoms with E-state index in [0.717, 1.165) is 13.1 Å². The highest BCUT2D eigenvalue weighted by Gasteiger charge is 2.30. The van der Waals surface area contributed by atoms with Crippen LogP contribution in [-0.2, 0) is 15.0 Å². The molecule has 158 valence electrons. The molecule has 0 fully saturated rings. The summed E-state index contributed by atoms with van der Waals surface area (Å²) in [5.74, 6) is -1.62. The number of rotatable bonds is 5. The van der Waals surface area contributed by atoms with Crippen molar-refractivity contribution < 1.29 is 31.1 Å². The van der Waals surface area contributed by atoms with Crippen LogP contribution >= 0.6 is 11.6 Å². The third-order valence-electron chi connectivity index (χ3n) is 3.96. The molecular formula is C18H13ClF3N3O4S. The van der Waals surface area contributed by atoms with Gasteiger partial charge in [0.05, 0.1) is 10.7 Å². The molecule has 1 aliphatic rings. The van der Waals surface area contributed by atoms with Crippen LogP contribution in [0, 0.1) is 5.82 Å². The number of carbonyl (C=O) groups excluding carboxylic acids is 1. The van der Waals surface area contributed by atoms with Crippen LogP contribution in [0.5, 0.6) is 5.75 Å². The predicted molar refractivity (Wildman–Crippen MR) is 104 cm³/mol. The molecule has 0 aromatic heterocycles.